The molecule has 0 amide bonds. The Hall–Kier alpha value is -2.18. The van der Waals surface area contributed by atoms with Gasteiger partial charge in [-0.3, -0.25) is 4.98 Å². The van der Waals surface area contributed by atoms with Gasteiger partial charge in [-0.25, -0.2) is 4.98 Å². The normalized spacial score (nSPS) is 20.1. The van der Waals surface area contributed by atoms with Gasteiger partial charge in [-0.15, -0.1) is 0 Å². The van der Waals surface area contributed by atoms with Crippen LogP contribution in [0.25, 0.3) is 0 Å². The highest BCUT2D eigenvalue weighted by Crippen LogP contribution is 2.40. The summed E-state index contributed by atoms with van der Waals surface area (Å²) >= 11 is 0. The van der Waals surface area contributed by atoms with Crippen molar-refractivity contribution in [2.75, 3.05) is 26.8 Å². The molecule has 1 saturated carbocycles. The topological polar surface area (TPSA) is 82.3 Å². The Kier molecular flexibility index (Phi) is 5.27. The Labute approximate surface area is 160 Å². The molecule has 2 fully saturated rings. The number of methoxy groups -OCH3 is 1. The molecule has 1 aliphatic carbocycles. The molecular formula is C21H28N4O2. The molecule has 0 spiro atoms. The van der Waals surface area contributed by atoms with Gasteiger partial charge in [-0.1, -0.05) is 6.07 Å². The van der Waals surface area contributed by atoms with Gasteiger partial charge in [0, 0.05) is 12.4 Å². The van der Waals surface area contributed by atoms with E-state index in [9.17, 15) is 0 Å². The molecule has 2 aromatic rings. The number of pyridine rings is 2. The second-order valence-corrected chi connectivity index (χ2v) is 7.59. The lowest BCUT2D eigenvalue weighted by molar-refractivity contribution is 0.239. The molecule has 3 N–H and O–H groups in total. The predicted octanol–water partition coefficient (Wildman–Crippen LogP) is 2.48. The molecule has 1 atom stereocenters. The van der Waals surface area contributed by atoms with Crippen molar-refractivity contribution in [2.45, 2.75) is 31.2 Å². The Morgan fingerprint density at radius 2 is 2.00 bits per heavy atom. The van der Waals surface area contributed by atoms with Crippen LogP contribution in [0.15, 0.2) is 36.7 Å². The lowest BCUT2D eigenvalue weighted by Crippen LogP contribution is -2.49. The molecule has 4 rings (SSSR count). The summed E-state index contributed by atoms with van der Waals surface area (Å²) in [4.78, 5) is 9.16. The average molecular weight is 368 g/mol. The van der Waals surface area contributed by atoms with E-state index in [2.05, 4.69) is 10.3 Å². The summed E-state index contributed by atoms with van der Waals surface area (Å²) in [7, 11) is 1.64. The fraction of sp³-hybridized carbons (Fsp3) is 0.524. The zero-order chi connectivity index (χ0) is 18.7. The average Bonchev–Trinajstić information content (AvgIpc) is 3.57. The van der Waals surface area contributed by atoms with Crippen LogP contribution < -0.4 is 20.5 Å². The number of piperidine rings is 1. The van der Waals surface area contributed by atoms with Crippen molar-refractivity contribution < 1.29 is 9.47 Å². The summed E-state index contributed by atoms with van der Waals surface area (Å²) < 4.78 is 11.5. The van der Waals surface area contributed by atoms with Crippen LogP contribution in [0.1, 0.15) is 36.9 Å². The summed E-state index contributed by atoms with van der Waals surface area (Å²) in [5, 5.41) is 3.42. The number of nitrogens with one attached hydrogen (secondary N) is 1. The Balaban J connectivity index is 1.73. The molecule has 0 radical (unpaired) electrons. The van der Waals surface area contributed by atoms with Gasteiger partial charge in [0.1, 0.15) is 0 Å². The lowest BCUT2D eigenvalue weighted by Gasteiger charge is -2.40. The maximum atomic E-state index is 7.12. The molecule has 6 heteroatoms. The van der Waals surface area contributed by atoms with Crippen LogP contribution in [0.5, 0.6) is 11.6 Å². The highest BCUT2D eigenvalue weighted by Gasteiger charge is 2.41. The van der Waals surface area contributed by atoms with Crippen molar-refractivity contribution >= 4 is 0 Å². The fourth-order valence-corrected chi connectivity index (χ4v) is 3.88. The maximum Gasteiger partial charge on any atom is 0.257 e. The first-order valence-electron chi connectivity index (χ1n) is 9.80. The van der Waals surface area contributed by atoms with E-state index in [1.54, 1.807) is 13.3 Å². The molecule has 2 aliphatic rings. The number of hydrogen-bond donors (Lipinski definition) is 2. The van der Waals surface area contributed by atoms with E-state index >= 15 is 0 Å². The molecule has 1 saturated heterocycles. The Morgan fingerprint density at radius 1 is 1.19 bits per heavy atom. The van der Waals surface area contributed by atoms with Crippen molar-refractivity contribution in [3.63, 3.8) is 0 Å². The summed E-state index contributed by atoms with van der Waals surface area (Å²) in [5.41, 5.74) is 8.21. The SMILES string of the molecule is COc1ccc(C(N)(c2cccnc2)C2CCNCC2)nc1OCC1CC1. The first-order chi connectivity index (χ1) is 13.2. The van der Waals surface area contributed by atoms with Gasteiger partial charge in [0.05, 0.1) is 24.9 Å². The van der Waals surface area contributed by atoms with Gasteiger partial charge < -0.3 is 20.5 Å². The third-order valence-corrected chi connectivity index (χ3v) is 5.74. The third-order valence-electron chi connectivity index (χ3n) is 5.74. The monoisotopic (exact) mass is 368 g/mol. The summed E-state index contributed by atoms with van der Waals surface area (Å²) in [6.45, 7) is 2.61. The number of nitrogens with two attached hydrogens (primary N) is 1. The van der Waals surface area contributed by atoms with E-state index < -0.39 is 5.54 Å². The van der Waals surface area contributed by atoms with Gasteiger partial charge in [0.25, 0.3) is 5.88 Å². The first-order valence-corrected chi connectivity index (χ1v) is 9.80. The lowest BCUT2D eigenvalue weighted by atomic mass is 9.72. The zero-order valence-electron chi connectivity index (χ0n) is 15.9. The molecule has 0 aromatic carbocycles. The number of nitrogens with zero attached hydrogens (tertiary/aromatic N) is 2. The minimum absolute atomic E-state index is 0.278. The van der Waals surface area contributed by atoms with Crippen LogP contribution in [0.4, 0.5) is 0 Å². The maximum absolute atomic E-state index is 7.12. The Bertz CT molecular complexity index is 760. The molecule has 0 bridgehead atoms. The highest BCUT2D eigenvalue weighted by molar-refractivity contribution is 5.41. The van der Waals surface area contributed by atoms with Gasteiger partial charge in [-0.05, 0) is 74.4 Å². The third kappa shape index (κ3) is 3.77. The summed E-state index contributed by atoms with van der Waals surface area (Å²) in [6.07, 6.45) is 8.09. The number of hydrogen-bond acceptors (Lipinski definition) is 6. The minimum atomic E-state index is -0.708. The molecular weight excluding hydrogens is 340 g/mol. The van der Waals surface area contributed by atoms with Crippen molar-refractivity contribution in [2.24, 2.45) is 17.6 Å². The van der Waals surface area contributed by atoms with E-state index in [0.29, 0.717) is 24.2 Å². The van der Waals surface area contributed by atoms with Crippen LogP contribution in [0.3, 0.4) is 0 Å². The summed E-state index contributed by atoms with van der Waals surface area (Å²) in [6, 6.07) is 7.87. The van der Waals surface area contributed by atoms with E-state index in [4.69, 9.17) is 20.2 Å². The summed E-state index contributed by atoms with van der Waals surface area (Å²) in [5.74, 6) is 2.11. The first kappa shape index (κ1) is 18.2. The van der Waals surface area contributed by atoms with Crippen molar-refractivity contribution in [3.8, 4) is 11.6 Å². The number of rotatable bonds is 7. The molecule has 1 unspecified atom stereocenters. The van der Waals surface area contributed by atoms with Gasteiger partial charge in [0.2, 0.25) is 0 Å². The van der Waals surface area contributed by atoms with Gasteiger partial charge >= 0.3 is 0 Å². The van der Waals surface area contributed by atoms with Crippen LogP contribution in [-0.4, -0.2) is 36.8 Å². The largest absolute Gasteiger partial charge is 0.491 e. The molecule has 1 aliphatic heterocycles. The van der Waals surface area contributed by atoms with Crippen LogP contribution in [0, 0.1) is 11.8 Å². The second kappa shape index (κ2) is 7.82. The van der Waals surface area contributed by atoms with E-state index in [1.807, 2.05) is 30.5 Å². The van der Waals surface area contributed by atoms with Crippen LogP contribution in [0.2, 0.25) is 0 Å². The molecule has 3 heterocycles. The quantitative estimate of drug-likeness (QED) is 0.781. The van der Waals surface area contributed by atoms with Crippen LogP contribution in [-0.2, 0) is 5.54 Å². The van der Waals surface area contributed by atoms with Gasteiger partial charge in [-0.2, -0.15) is 0 Å². The molecule has 27 heavy (non-hydrogen) atoms. The van der Waals surface area contributed by atoms with E-state index in [0.717, 1.165) is 37.2 Å². The molecule has 144 valence electrons. The molecule has 2 aromatic heterocycles. The Morgan fingerprint density at radius 3 is 2.67 bits per heavy atom. The highest BCUT2D eigenvalue weighted by atomic mass is 16.5. The molecule has 6 nitrogen and oxygen atoms in total. The number of aromatic nitrogens is 2. The minimum Gasteiger partial charge on any atom is -0.491 e. The fourth-order valence-electron chi connectivity index (χ4n) is 3.88. The van der Waals surface area contributed by atoms with Crippen molar-refractivity contribution in [3.05, 3.63) is 47.9 Å². The van der Waals surface area contributed by atoms with Crippen molar-refractivity contribution in [1.82, 2.24) is 15.3 Å². The number of ether oxygens (including phenoxy) is 2. The smallest absolute Gasteiger partial charge is 0.257 e. The van der Waals surface area contributed by atoms with Gasteiger partial charge in [0.15, 0.2) is 5.75 Å². The van der Waals surface area contributed by atoms with E-state index in [1.165, 1.54) is 12.8 Å². The predicted molar refractivity (Wildman–Crippen MR) is 104 cm³/mol. The van der Waals surface area contributed by atoms with Crippen LogP contribution >= 0.6 is 0 Å². The van der Waals surface area contributed by atoms with Crippen molar-refractivity contribution in [1.29, 1.82) is 0 Å². The standard InChI is InChI=1S/C21H28N4O2/c1-26-18-6-7-19(25-20(18)27-14-15-4-5-15)21(22,16-8-11-23-12-9-16)17-3-2-10-24-13-17/h2-3,6-7,10,13,15-16,23H,4-5,8-9,11-12,14,22H2,1H3. The van der Waals surface area contributed by atoms with E-state index in [-0.39, 0.29) is 5.92 Å². The second-order valence-electron chi connectivity index (χ2n) is 7.59. The zero-order valence-corrected chi connectivity index (χ0v) is 15.9.